The van der Waals surface area contributed by atoms with Gasteiger partial charge in [0.15, 0.2) is 0 Å². The van der Waals surface area contributed by atoms with Crippen molar-refractivity contribution >= 4 is 17.7 Å². The van der Waals surface area contributed by atoms with Crippen LogP contribution in [0.2, 0.25) is 0 Å². The average molecular weight is 261 g/mol. The van der Waals surface area contributed by atoms with Gasteiger partial charge in [0.05, 0.1) is 26.7 Å². The molecule has 4 nitrogen and oxygen atoms in total. The minimum absolute atomic E-state index is 0.222. The molecule has 0 bridgehead atoms. The maximum absolute atomic E-state index is 11.0. The highest BCUT2D eigenvalue weighted by Crippen LogP contribution is 2.18. The van der Waals surface area contributed by atoms with Gasteiger partial charge in [-0.15, -0.1) is 0 Å². The molecule has 1 saturated heterocycles. The molecule has 19 heavy (non-hydrogen) atoms. The van der Waals surface area contributed by atoms with Gasteiger partial charge in [0, 0.05) is 18.8 Å². The Kier molecular flexibility index (Phi) is 4.98. The smallest absolute Gasteiger partial charge is 0.309 e. The average Bonchev–Trinajstić information content (AvgIpc) is 2.48. The van der Waals surface area contributed by atoms with Gasteiger partial charge in [-0.2, -0.15) is 0 Å². The first-order valence-electron chi connectivity index (χ1n) is 6.46. The van der Waals surface area contributed by atoms with Gasteiger partial charge >= 0.3 is 5.97 Å². The first-order chi connectivity index (χ1) is 9.29. The second-order valence-corrected chi connectivity index (χ2v) is 4.38. The van der Waals surface area contributed by atoms with Crippen LogP contribution < -0.4 is 4.90 Å². The number of nitrogens with zero attached hydrogens (tertiary/aromatic N) is 1. The summed E-state index contributed by atoms with van der Waals surface area (Å²) >= 11 is 0. The Morgan fingerprint density at radius 2 is 2.21 bits per heavy atom. The van der Waals surface area contributed by atoms with Crippen LogP contribution in [0, 0.1) is 0 Å². The zero-order valence-corrected chi connectivity index (χ0v) is 11.2. The van der Waals surface area contributed by atoms with Crippen molar-refractivity contribution in [3.63, 3.8) is 0 Å². The number of benzene rings is 1. The number of carbonyl (C=O) groups excluding carboxylic acids is 1. The molecular formula is C15H19NO3. The van der Waals surface area contributed by atoms with E-state index in [1.54, 1.807) is 0 Å². The van der Waals surface area contributed by atoms with Gasteiger partial charge in [-0.1, -0.05) is 24.3 Å². The lowest BCUT2D eigenvalue weighted by Crippen LogP contribution is -2.36. The van der Waals surface area contributed by atoms with Crippen molar-refractivity contribution in [1.82, 2.24) is 0 Å². The maximum Gasteiger partial charge on any atom is 0.309 e. The number of hydrogen-bond acceptors (Lipinski definition) is 4. The van der Waals surface area contributed by atoms with Crippen molar-refractivity contribution in [2.24, 2.45) is 0 Å². The predicted molar refractivity (Wildman–Crippen MR) is 75.1 cm³/mol. The van der Waals surface area contributed by atoms with Crippen LogP contribution in [0.1, 0.15) is 12.0 Å². The summed E-state index contributed by atoms with van der Waals surface area (Å²) in [7, 11) is 1.40. The van der Waals surface area contributed by atoms with Gasteiger partial charge in [0.2, 0.25) is 0 Å². The third-order valence-electron chi connectivity index (χ3n) is 3.07. The molecule has 0 radical (unpaired) electrons. The van der Waals surface area contributed by atoms with E-state index in [0.717, 1.165) is 31.9 Å². The van der Waals surface area contributed by atoms with Crippen molar-refractivity contribution in [3.05, 3.63) is 35.9 Å². The highest BCUT2D eigenvalue weighted by atomic mass is 16.5. The van der Waals surface area contributed by atoms with Crippen LogP contribution in [-0.2, 0) is 14.3 Å². The number of morpholine rings is 1. The van der Waals surface area contributed by atoms with Crippen molar-refractivity contribution < 1.29 is 14.3 Å². The number of carbonyl (C=O) groups is 1. The minimum atomic E-state index is -0.222. The van der Waals surface area contributed by atoms with Crippen LogP contribution >= 0.6 is 0 Å². The van der Waals surface area contributed by atoms with Gasteiger partial charge in [-0.05, 0) is 17.7 Å². The van der Waals surface area contributed by atoms with Gasteiger partial charge in [0.1, 0.15) is 0 Å². The van der Waals surface area contributed by atoms with Gasteiger partial charge in [-0.3, -0.25) is 4.79 Å². The quantitative estimate of drug-likeness (QED) is 0.778. The molecule has 0 aliphatic carbocycles. The summed E-state index contributed by atoms with van der Waals surface area (Å²) in [5.74, 6) is -0.222. The Morgan fingerprint density at radius 3 is 2.95 bits per heavy atom. The molecule has 1 aliphatic rings. The molecule has 0 saturated carbocycles. The van der Waals surface area contributed by atoms with E-state index < -0.39 is 0 Å². The van der Waals surface area contributed by atoms with Crippen LogP contribution in [0.3, 0.4) is 0 Å². The lowest BCUT2D eigenvalue weighted by atomic mass is 10.1. The third-order valence-corrected chi connectivity index (χ3v) is 3.07. The second-order valence-electron chi connectivity index (χ2n) is 4.38. The Labute approximate surface area is 113 Å². The van der Waals surface area contributed by atoms with Gasteiger partial charge in [-0.25, -0.2) is 0 Å². The molecule has 2 rings (SSSR count). The molecule has 0 spiro atoms. The molecule has 1 fully saturated rings. The highest BCUT2D eigenvalue weighted by molar-refractivity contribution is 5.72. The van der Waals surface area contributed by atoms with E-state index in [0.29, 0.717) is 6.42 Å². The van der Waals surface area contributed by atoms with Crippen LogP contribution in [0.15, 0.2) is 30.3 Å². The number of rotatable bonds is 4. The fraction of sp³-hybridized carbons (Fsp3) is 0.400. The molecule has 0 unspecified atom stereocenters. The Morgan fingerprint density at radius 1 is 1.42 bits per heavy atom. The van der Waals surface area contributed by atoms with E-state index in [2.05, 4.69) is 21.8 Å². The number of ether oxygens (including phenoxy) is 2. The van der Waals surface area contributed by atoms with Crippen LogP contribution in [-0.4, -0.2) is 39.4 Å². The summed E-state index contributed by atoms with van der Waals surface area (Å²) in [5.41, 5.74) is 2.29. The van der Waals surface area contributed by atoms with Crippen LogP contribution in [0.4, 0.5) is 5.69 Å². The second kappa shape index (κ2) is 6.95. The summed E-state index contributed by atoms with van der Waals surface area (Å²) in [6, 6.07) is 8.28. The summed E-state index contributed by atoms with van der Waals surface area (Å²) < 4.78 is 9.94. The van der Waals surface area contributed by atoms with Crippen LogP contribution in [0.5, 0.6) is 0 Å². The lowest BCUT2D eigenvalue weighted by Gasteiger charge is -2.29. The largest absolute Gasteiger partial charge is 0.469 e. The minimum Gasteiger partial charge on any atom is -0.469 e. The molecule has 0 amide bonds. The number of anilines is 1. The first kappa shape index (κ1) is 13.6. The predicted octanol–water partition coefficient (Wildman–Crippen LogP) is 2.10. The van der Waals surface area contributed by atoms with E-state index in [-0.39, 0.29) is 5.97 Å². The fourth-order valence-electron chi connectivity index (χ4n) is 2.02. The Bertz CT molecular complexity index is 450. The molecule has 1 aromatic carbocycles. The summed E-state index contributed by atoms with van der Waals surface area (Å²) in [5, 5.41) is 0. The lowest BCUT2D eigenvalue weighted by molar-refractivity contribution is -0.139. The summed E-state index contributed by atoms with van der Waals surface area (Å²) in [6.07, 6.45) is 4.07. The number of methoxy groups -OCH3 is 1. The molecule has 1 heterocycles. The van der Waals surface area contributed by atoms with Crippen molar-refractivity contribution in [2.75, 3.05) is 38.3 Å². The van der Waals surface area contributed by atoms with E-state index in [9.17, 15) is 4.79 Å². The standard InChI is InChI=1S/C15H19NO3/c1-18-15(17)7-3-5-13-4-2-6-14(12-13)16-8-10-19-11-9-16/h2-6,12H,7-11H2,1H3. The maximum atomic E-state index is 11.0. The number of esters is 1. The SMILES string of the molecule is COC(=O)CC=Cc1cccc(N2CCOCC2)c1. The molecule has 4 heteroatoms. The summed E-state index contributed by atoms with van der Waals surface area (Å²) in [4.78, 5) is 13.3. The van der Waals surface area contributed by atoms with Crippen molar-refractivity contribution in [2.45, 2.75) is 6.42 Å². The van der Waals surface area contributed by atoms with E-state index >= 15 is 0 Å². The van der Waals surface area contributed by atoms with Gasteiger partial charge < -0.3 is 14.4 Å². The highest BCUT2D eigenvalue weighted by Gasteiger charge is 2.10. The fourth-order valence-corrected chi connectivity index (χ4v) is 2.02. The number of hydrogen-bond donors (Lipinski definition) is 0. The molecule has 1 aliphatic heterocycles. The monoisotopic (exact) mass is 261 g/mol. The Balaban J connectivity index is 2.00. The normalized spacial score (nSPS) is 15.7. The molecule has 1 aromatic rings. The zero-order valence-electron chi connectivity index (χ0n) is 11.2. The van der Waals surface area contributed by atoms with Crippen LogP contribution in [0.25, 0.3) is 6.08 Å². The molecule has 0 N–H and O–H groups in total. The molecule has 102 valence electrons. The molecule has 0 aromatic heterocycles. The summed E-state index contributed by atoms with van der Waals surface area (Å²) in [6.45, 7) is 3.41. The van der Waals surface area contributed by atoms with Gasteiger partial charge in [0.25, 0.3) is 0 Å². The van der Waals surface area contributed by atoms with E-state index in [4.69, 9.17) is 4.74 Å². The Hall–Kier alpha value is -1.81. The topological polar surface area (TPSA) is 38.8 Å². The first-order valence-corrected chi connectivity index (χ1v) is 6.46. The zero-order chi connectivity index (χ0) is 13.5. The molecule has 0 atom stereocenters. The van der Waals surface area contributed by atoms with E-state index in [1.165, 1.54) is 12.8 Å². The molecular weight excluding hydrogens is 242 g/mol. The van der Waals surface area contributed by atoms with Crippen molar-refractivity contribution in [1.29, 1.82) is 0 Å². The van der Waals surface area contributed by atoms with E-state index in [1.807, 2.05) is 24.3 Å². The third kappa shape index (κ3) is 4.10. The van der Waals surface area contributed by atoms with Crippen molar-refractivity contribution in [3.8, 4) is 0 Å².